The molecule has 3 heterocycles. The van der Waals surface area contributed by atoms with Crippen LogP contribution in [0.3, 0.4) is 0 Å². The maximum absolute atomic E-state index is 5.37. The van der Waals surface area contributed by atoms with Crippen molar-refractivity contribution in [3.05, 3.63) is 241 Å². The van der Waals surface area contributed by atoms with E-state index in [1.807, 2.05) is 49.1 Å². The minimum Gasteiger partial charge on any atom is -0.265 e. The molecular formula is C57H36N4. The minimum absolute atomic E-state index is 0.536. The molecule has 0 radical (unpaired) electrons. The van der Waals surface area contributed by atoms with Crippen molar-refractivity contribution < 1.29 is 0 Å². The fourth-order valence-electron chi connectivity index (χ4n) is 9.82. The van der Waals surface area contributed by atoms with Crippen molar-refractivity contribution >= 4 is 0 Å². The Balaban J connectivity index is 1.08. The summed E-state index contributed by atoms with van der Waals surface area (Å²) in [6, 6.07) is 70.3. The third-order valence-electron chi connectivity index (χ3n) is 12.6. The normalized spacial score (nSPS) is 12.7. The van der Waals surface area contributed by atoms with Crippen LogP contribution in [0.5, 0.6) is 0 Å². The topological polar surface area (TPSA) is 51.6 Å². The maximum atomic E-state index is 5.37. The maximum Gasteiger partial charge on any atom is 0.160 e. The van der Waals surface area contributed by atoms with Gasteiger partial charge in [-0.25, -0.2) is 9.97 Å². The second-order valence-corrected chi connectivity index (χ2v) is 15.8. The van der Waals surface area contributed by atoms with Crippen LogP contribution in [0.25, 0.3) is 89.5 Å². The summed E-state index contributed by atoms with van der Waals surface area (Å²) in [5.41, 5.74) is 21.3. The molecule has 7 aromatic carbocycles. The molecule has 3 aromatic heterocycles. The van der Waals surface area contributed by atoms with E-state index < -0.39 is 5.41 Å². The molecule has 4 nitrogen and oxygen atoms in total. The quantitative estimate of drug-likeness (QED) is 0.175. The smallest absolute Gasteiger partial charge is 0.160 e. The molecule has 0 N–H and O–H groups in total. The monoisotopic (exact) mass is 776 g/mol. The Kier molecular flexibility index (Phi) is 8.04. The van der Waals surface area contributed by atoms with Crippen LogP contribution in [0.15, 0.2) is 219 Å². The Hall–Kier alpha value is -8.08. The summed E-state index contributed by atoms with van der Waals surface area (Å²) < 4.78 is 0. The van der Waals surface area contributed by atoms with Gasteiger partial charge in [0.15, 0.2) is 5.82 Å². The van der Waals surface area contributed by atoms with E-state index in [4.69, 9.17) is 9.97 Å². The standard InChI is InChI=1S/C57H36N4/c1-2-10-45-44(9-1)46-11-3-6-14-50(46)57(51-15-7-4-12-47(51)48-13-5-8-16-52(48)57)53-26-25-43(35-49(45)53)55-36-54(41-21-17-37(18-22-41)39-27-31-58-32-28-39)60-56(61-55)42-23-19-38(20-24-42)40-29-33-59-34-30-40/h1-36H. The number of fused-ring (bicyclic) bond motifs is 12. The first-order chi connectivity index (χ1) is 30.2. The highest BCUT2D eigenvalue weighted by atomic mass is 14.9. The number of rotatable bonds is 5. The molecule has 12 rings (SSSR count). The molecule has 0 aliphatic heterocycles. The van der Waals surface area contributed by atoms with Crippen molar-refractivity contribution in [3.63, 3.8) is 0 Å². The van der Waals surface area contributed by atoms with E-state index in [0.717, 1.165) is 50.3 Å². The molecule has 0 bridgehead atoms. The first-order valence-corrected chi connectivity index (χ1v) is 20.7. The summed E-state index contributed by atoms with van der Waals surface area (Å²) in [5, 5.41) is 0. The van der Waals surface area contributed by atoms with Gasteiger partial charge in [0.05, 0.1) is 16.8 Å². The van der Waals surface area contributed by atoms with Crippen LogP contribution >= 0.6 is 0 Å². The Morgan fingerprint density at radius 2 is 0.623 bits per heavy atom. The molecule has 0 atom stereocenters. The summed E-state index contributed by atoms with van der Waals surface area (Å²) in [6.45, 7) is 0. The van der Waals surface area contributed by atoms with Crippen molar-refractivity contribution in [1.29, 1.82) is 0 Å². The lowest BCUT2D eigenvalue weighted by Crippen LogP contribution is -2.29. The van der Waals surface area contributed by atoms with Gasteiger partial charge in [-0.3, -0.25) is 9.97 Å². The molecule has 4 heteroatoms. The van der Waals surface area contributed by atoms with Crippen molar-refractivity contribution in [2.75, 3.05) is 0 Å². The molecule has 0 fully saturated rings. The van der Waals surface area contributed by atoms with E-state index in [2.05, 4.69) is 180 Å². The Morgan fingerprint density at radius 3 is 1.15 bits per heavy atom. The van der Waals surface area contributed by atoms with Gasteiger partial charge in [-0.15, -0.1) is 0 Å². The minimum atomic E-state index is -0.536. The first kappa shape index (κ1) is 34.9. The zero-order valence-corrected chi connectivity index (χ0v) is 33.1. The van der Waals surface area contributed by atoms with Crippen LogP contribution in [0.2, 0.25) is 0 Å². The van der Waals surface area contributed by atoms with E-state index in [0.29, 0.717) is 5.82 Å². The van der Waals surface area contributed by atoms with Crippen LogP contribution in [-0.4, -0.2) is 19.9 Å². The van der Waals surface area contributed by atoms with Crippen LogP contribution < -0.4 is 0 Å². The number of benzene rings is 7. The predicted octanol–water partition coefficient (Wildman–Crippen LogP) is 13.6. The zero-order valence-electron chi connectivity index (χ0n) is 33.1. The summed E-state index contributed by atoms with van der Waals surface area (Å²) in [5.74, 6) is 0.671. The van der Waals surface area contributed by atoms with E-state index in [-0.39, 0.29) is 0 Å². The molecule has 10 aromatic rings. The lowest BCUT2D eigenvalue weighted by Gasteiger charge is -2.35. The van der Waals surface area contributed by atoms with E-state index in [1.54, 1.807) is 0 Å². The molecule has 2 aliphatic carbocycles. The third-order valence-corrected chi connectivity index (χ3v) is 12.6. The van der Waals surface area contributed by atoms with Crippen molar-refractivity contribution in [2.45, 2.75) is 5.41 Å². The number of hydrogen-bond acceptors (Lipinski definition) is 4. The highest BCUT2D eigenvalue weighted by molar-refractivity contribution is 5.98. The Labute approximate surface area is 354 Å². The SMILES string of the molecule is c1ccc2c(c1)-c1ccccc1C1(c3ccc(-c4cc(-c5ccc(-c6ccncc6)cc5)nc(-c5ccc(-c6ccncc6)cc5)n4)cc3-2)c2ccccc2-c2ccccc21. The van der Waals surface area contributed by atoms with E-state index in [1.165, 1.54) is 55.6 Å². The Bertz CT molecular complexity index is 3140. The van der Waals surface area contributed by atoms with Gasteiger partial charge in [0.25, 0.3) is 0 Å². The summed E-state index contributed by atoms with van der Waals surface area (Å²) in [7, 11) is 0. The van der Waals surface area contributed by atoms with Gasteiger partial charge < -0.3 is 0 Å². The van der Waals surface area contributed by atoms with Gasteiger partial charge >= 0.3 is 0 Å². The van der Waals surface area contributed by atoms with Gasteiger partial charge in [0.2, 0.25) is 0 Å². The van der Waals surface area contributed by atoms with Crippen LogP contribution in [0, 0.1) is 0 Å². The molecule has 2 aliphatic rings. The second-order valence-electron chi connectivity index (χ2n) is 15.8. The summed E-state index contributed by atoms with van der Waals surface area (Å²) >= 11 is 0. The van der Waals surface area contributed by atoms with Crippen LogP contribution in [0.1, 0.15) is 22.3 Å². The molecule has 0 unspecified atom stereocenters. The Morgan fingerprint density at radius 1 is 0.262 bits per heavy atom. The van der Waals surface area contributed by atoms with Crippen molar-refractivity contribution in [1.82, 2.24) is 19.9 Å². The van der Waals surface area contributed by atoms with Crippen molar-refractivity contribution in [2.24, 2.45) is 0 Å². The lowest BCUT2D eigenvalue weighted by atomic mass is 9.66. The molecule has 0 saturated carbocycles. The van der Waals surface area contributed by atoms with Gasteiger partial charge in [0.1, 0.15) is 0 Å². The van der Waals surface area contributed by atoms with Crippen LogP contribution in [0.4, 0.5) is 0 Å². The molecule has 1 spiro atoms. The summed E-state index contributed by atoms with van der Waals surface area (Å²) in [4.78, 5) is 19.0. The average Bonchev–Trinajstić information content (AvgIpc) is 3.59. The molecule has 284 valence electrons. The number of aromatic nitrogens is 4. The first-order valence-electron chi connectivity index (χ1n) is 20.7. The third kappa shape index (κ3) is 5.53. The molecule has 0 amide bonds. The fourth-order valence-corrected chi connectivity index (χ4v) is 9.82. The number of nitrogens with zero attached hydrogens (tertiary/aromatic N) is 4. The number of pyridine rings is 2. The second kappa shape index (κ2) is 14.0. The highest BCUT2D eigenvalue weighted by Gasteiger charge is 2.49. The fraction of sp³-hybridized carbons (Fsp3) is 0.0175. The molecule has 61 heavy (non-hydrogen) atoms. The zero-order chi connectivity index (χ0) is 40.3. The van der Waals surface area contributed by atoms with Crippen LogP contribution in [-0.2, 0) is 5.41 Å². The predicted molar refractivity (Wildman–Crippen MR) is 247 cm³/mol. The van der Waals surface area contributed by atoms with E-state index >= 15 is 0 Å². The van der Waals surface area contributed by atoms with Gasteiger partial charge in [0, 0.05) is 41.5 Å². The molecule has 0 saturated heterocycles. The van der Waals surface area contributed by atoms with Crippen molar-refractivity contribution in [3.8, 4) is 89.5 Å². The largest absolute Gasteiger partial charge is 0.265 e. The summed E-state index contributed by atoms with van der Waals surface area (Å²) in [6.07, 6.45) is 7.31. The van der Waals surface area contributed by atoms with Gasteiger partial charge in [-0.1, -0.05) is 158 Å². The number of hydrogen-bond donors (Lipinski definition) is 0. The molecular weight excluding hydrogens is 741 g/mol. The van der Waals surface area contributed by atoms with Gasteiger partial charge in [-0.2, -0.15) is 0 Å². The average molecular weight is 777 g/mol. The lowest BCUT2D eigenvalue weighted by molar-refractivity contribution is 0.775. The van der Waals surface area contributed by atoms with E-state index in [9.17, 15) is 0 Å². The van der Waals surface area contributed by atoms with Gasteiger partial charge in [-0.05, 0) is 114 Å². The highest BCUT2D eigenvalue weighted by Crippen LogP contribution is 2.61.